The van der Waals surface area contributed by atoms with E-state index in [1.54, 1.807) is 0 Å². The standard InChI is InChI=1S/C15H16BrClN2/c1-10-5-6-12(9-14(10)17)15(19-18)8-11-3-2-4-13(16)7-11/h2-7,9,15,19H,8,18H2,1H3. The van der Waals surface area contributed by atoms with Crippen molar-refractivity contribution < 1.29 is 0 Å². The van der Waals surface area contributed by atoms with E-state index in [1.807, 2.05) is 31.2 Å². The first kappa shape index (κ1) is 14.5. The van der Waals surface area contributed by atoms with Crippen molar-refractivity contribution in [2.24, 2.45) is 5.84 Å². The molecular formula is C15H16BrClN2. The van der Waals surface area contributed by atoms with E-state index in [-0.39, 0.29) is 6.04 Å². The summed E-state index contributed by atoms with van der Waals surface area (Å²) < 4.78 is 1.07. The topological polar surface area (TPSA) is 38.0 Å². The fourth-order valence-electron chi connectivity index (χ4n) is 2.00. The van der Waals surface area contributed by atoms with Crippen LogP contribution in [-0.2, 0) is 6.42 Å². The van der Waals surface area contributed by atoms with Gasteiger partial charge in [0.1, 0.15) is 0 Å². The van der Waals surface area contributed by atoms with Gasteiger partial charge < -0.3 is 0 Å². The Hall–Kier alpha value is -0.870. The first-order chi connectivity index (χ1) is 9.10. The number of hydrogen-bond acceptors (Lipinski definition) is 2. The van der Waals surface area contributed by atoms with Crippen molar-refractivity contribution in [1.82, 2.24) is 5.43 Å². The lowest BCUT2D eigenvalue weighted by molar-refractivity contribution is 0.552. The predicted molar refractivity (Wildman–Crippen MR) is 84.1 cm³/mol. The normalized spacial score (nSPS) is 12.4. The molecule has 0 aliphatic carbocycles. The minimum absolute atomic E-state index is 0.0485. The minimum Gasteiger partial charge on any atom is -0.271 e. The quantitative estimate of drug-likeness (QED) is 0.648. The van der Waals surface area contributed by atoms with Crippen LogP contribution in [0.5, 0.6) is 0 Å². The highest BCUT2D eigenvalue weighted by atomic mass is 79.9. The van der Waals surface area contributed by atoms with Crippen molar-refractivity contribution in [3.63, 3.8) is 0 Å². The van der Waals surface area contributed by atoms with Crippen LogP contribution >= 0.6 is 27.5 Å². The number of rotatable bonds is 4. The Kier molecular flexibility index (Phi) is 4.99. The van der Waals surface area contributed by atoms with Crippen molar-refractivity contribution >= 4 is 27.5 Å². The summed E-state index contributed by atoms with van der Waals surface area (Å²) in [6.07, 6.45) is 0.815. The third-order valence-corrected chi connectivity index (χ3v) is 4.03. The second-order valence-electron chi connectivity index (χ2n) is 4.56. The van der Waals surface area contributed by atoms with Crippen LogP contribution in [0.25, 0.3) is 0 Å². The Morgan fingerprint density at radius 3 is 2.68 bits per heavy atom. The van der Waals surface area contributed by atoms with Gasteiger partial charge in [-0.1, -0.05) is 51.8 Å². The zero-order valence-electron chi connectivity index (χ0n) is 10.7. The molecule has 1 atom stereocenters. The number of aryl methyl sites for hydroxylation is 1. The summed E-state index contributed by atoms with van der Waals surface area (Å²) in [5, 5.41) is 0.770. The van der Waals surface area contributed by atoms with Gasteiger partial charge in [0, 0.05) is 9.50 Å². The molecule has 0 heterocycles. The Morgan fingerprint density at radius 2 is 2.05 bits per heavy atom. The molecule has 3 N–H and O–H groups in total. The van der Waals surface area contributed by atoms with E-state index in [0.29, 0.717) is 0 Å². The van der Waals surface area contributed by atoms with Crippen molar-refractivity contribution in [1.29, 1.82) is 0 Å². The van der Waals surface area contributed by atoms with Crippen LogP contribution in [0.2, 0.25) is 5.02 Å². The SMILES string of the molecule is Cc1ccc(C(Cc2cccc(Br)c2)NN)cc1Cl. The maximum atomic E-state index is 6.17. The maximum absolute atomic E-state index is 6.17. The molecule has 1 unspecified atom stereocenters. The number of nitrogens with one attached hydrogen (secondary N) is 1. The minimum atomic E-state index is 0.0485. The summed E-state index contributed by atoms with van der Waals surface area (Å²) in [6, 6.07) is 14.3. The molecule has 0 aliphatic rings. The van der Waals surface area contributed by atoms with Crippen LogP contribution in [-0.4, -0.2) is 0 Å². The lowest BCUT2D eigenvalue weighted by atomic mass is 9.98. The van der Waals surface area contributed by atoms with Gasteiger partial charge in [-0.25, -0.2) is 0 Å². The molecule has 0 aromatic heterocycles. The Bertz CT molecular complexity index is 572. The van der Waals surface area contributed by atoms with Crippen molar-refractivity contribution in [3.8, 4) is 0 Å². The van der Waals surface area contributed by atoms with Crippen molar-refractivity contribution in [2.45, 2.75) is 19.4 Å². The Labute approximate surface area is 127 Å². The lowest BCUT2D eigenvalue weighted by Crippen LogP contribution is -2.29. The molecule has 19 heavy (non-hydrogen) atoms. The molecule has 2 nitrogen and oxygen atoms in total. The molecule has 100 valence electrons. The summed E-state index contributed by atoms with van der Waals surface area (Å²) in [5.41, 5.74) is 6.24. The third kappa shape index (κ3) is 3.80. The zero-order valence-corrected chi connectivity index (χ0v) is 13.0. The number of halogens is 2. The second kappa shape index (κ2) is 6.53. The second-order valence-corrected chi connectivity index (χ2v) is 5.88. The van der Waals surface area contributed by atoms with Crippen LogP contribution in [0.15, 0.2) is 46.9 Å². The van der Waals surface area contributed by atoms with E-state index in [2.05, 4.69) is 39.6 Å². The summed E-state index contributed by atoms with van der Waals surface area (Å²) in [7, 11) is 0. The smallest absolute Gasteiger partial charge is 0.0500 e. The summed E-state index contributed by atoms with van der Waals surface area (Å²) in [5.74, 6) is 5.67. The lowest BCUT2D eigenvalue weighted by Gasteiger charge is -2.17. The van der Waals surface area contributed by atoms with Gasteiger partial charge in [0.05, 0.1) is 6.04 Å². The molecule has 0 saturated carbocycles. The van der Waals surface area contributed by atoms with Gasteiger partial charge >= 0.3 is 0 Å². The van der Waals surface area contributed by atoms with Gasteiger partial charge in [-0.05, 0) is 48.2 Å². The van der Waals surface area contributed by atoms with Crippen LogP contribution in [0.3, 0.4) is 0 Å². The Morgan fingerprint density at radius 1 is 1.26 bits per heavy atom. The van der Waals surface area contributed by atoms with Gasteiger partial charge in [0.2, 0.25) is 0 Å². The monoisotopic (exact) mass is 338 g/mol. The van der Waals surface area contributed by atoms with Gasteiger partial charge in [0.25, 0.3) is 0 Å². The van der Waals surface area contributed by atoms with E-state index in [1.165, 1.54) is 5.56 Å². The van der Waals surface area contributed by atoms with Gasteiger partial charge in [-0.3, -0.25) is 11.3 Å². The number of hydrazine groups is 1. The molecule has 0 saturated heterocycles. The molecule has 2 rings (SSSR count). The summed E-state index contributed by atoms with van der Waals surface area (Å²) in [6.45, 7) is 1.99. The molecule has 0 aliphatic heterocycles. The first-order valence-electron chi connectivity index (χ1n) is 6.07. The average Bonchev–Trinajstić information content (AvgIpc) is 2.39. The van der Waals surface area contributed by atoms with Gasteiger partial charge in [-0.2, -0.15) is 0 Å². The Balaban J connectivity index is 2.22. The maximum Gasteiger partial charge on any atom is 0.0500 e. The highest BCUT2D eigenvalue weighted by Crippen LogP contribution is 2.24. The highest BCUT2D eigenvalue weighted by molar-refractivity contribution is 9.10. The zero-order chi connectivity index (χ0) is 13.8. The van der Waals surface area contributed by atoms with Gasteiger partial charge in [0.15, 0.2) is 0 Å². The van der Waals surface area contributed by atoms with Crippen LogP contribution in [0.1, 0.15) is 22.7 Å². The van der Waals surface area contributed by atoms with Crippen molar-refractivity contribution in [2.75, 3.05) is 0 Å². The summed E-state index contributed by atoms with van der Waals surface area (Å²) in [4.78, 5) is 0. The molecule has 0 bridgehead atoms. The number of hydrogen-bond donors (Lipinski definition) is 2. The molecule has 4 heteroatoms. The molecule has 0 spiro atoms. The van der Waals surface area contributed by atoms with Gasteiger partial charge in [-0.15, -0.1) is 0 Å². The van der Waals surface area contributed by atoms with E-state index < -0.39 is 0 Å². The summed E-state index contributed by atoms with van der Waals surface area (Å²) >= 11 is 9.65. The number of nitrogens with two attached hydrogens (primary N) is 1. The molecule has 2 aromatic carbocycles. The van der Waals surface area contributed by atoms with Crippen LogP contribution in [0, 0.1) is 6.92 Å². The average molecular weight is 340 g/mol. The highest BCUT2D eigenvalue weighted by Gasteiger charge is 2.12. The molecule has 2 aromatic rings. The predicted octanol–water partition coefficient (Wildman–Crippen LogP) is 4.16. The fraction of sp³-hybridized carbons (Fsp3) is 0.200. The van der Waals surface area contributed by atoms with E-state index >= 15 is 0 Å². The third-order valence-electron chi connectivity index (χ3n) is 3.13. The first-order valence-corrected chi connectivity index (χ1v) is 7.24. The van der Waals surface area contributed by atoms with Crippen LogP contribution in [0.4, 0.5) is 0 Å². The molecular weight excluding hydrogens is 324 g/mol. The van der Waals surface area contributed by atoms with Crippen molar-refractivity contribution in [3.05, 3.63) is 68.7 Å². The number of benzene rings is 2. The largest absolute Gasteiger partial charge is 0.271 e. The molecule has 0 amide bonds. The van der Waals surface area contributed by atoms with Crippen LogP contribution < -0.4 is 11.3 Å². The molecule has 0 fully saturated rings. The van der Waals surface area contributed by atoms with E-state index in [4.69, 9.17) is 17.4 Å². The van der Waals surface area contributed by atoms with E-state index in [0.717, 1.165) is 27.0 Å². The molecule has 0 radical (unpaired) electrons. The fourth-order valence-corrected chi connectivity index (χ4v) is 2.63. The van der Waals surface area contributed by atoms with E-state index in [9.17, 15) is 0 Å².